The number of furan rings is 1. The van der Waals surface area contributed by atoms with Crippen molar-refractivity contribution in [3.8, 4) is 50.2 Å². The molecule has 2 heterocycles. The lowest BCUT2D eigenvalue weighted by Gasteiger charge is -2.31. The number of nitrogens with zero attached hydrogens (tertiary/aromatic N) is 2. The molecule has 0 amide bonds. The van der Waals surface area contributed by atoms with E-state index < -0.39 is 0 Å². The first kappa shape index (κ1) is 40.2. The second-order valence-electron chi connectivity index (χ2n) is 19.2. The van der Waals surface area contributed by atoms with E-state index in [-0.39, 0.29) is 5.41 Å². The quantitative estimate of drug-likeness (QED) is 0.159. The minimum Gasteiger partial charge on any atom is -0.455 e. The van der Waals surface area contributed by atoms with Crippen LogP contribution < -0.4 is 4.90 Å². The van der Waals surface area contributed by atoms with Gasteiger partial charge in [-0.2, -0.15) is 0 Å². The summed E-state index contributed by atoms with van der Waals surface area (Å²) in [6.07, 6.45) is 0. The smallest absolute Gasteiger partial charge is 0.143 e. The Bertz CT molecular complexity index is 4180. The molecule has 0 spiro atoms. The van der Waals surface area contributed by atoms with E-state index in [0.717, 1.165) is 66.9 Å². The third-order valence-corrected chi connectivity index (χ3v) is 15.0. The van der Waals surface area contributed by atoms with Crippen LogP contribution in [-0.2, 0) is 5.41 Å². The maximum Gasteiger partial charge on any atom is 0.143 e. The summed E-state index contributed by atoms with van der Waals surface area (Å²) in [4.78, 5) is 2.50. The van der Waals surface area contributed by atoms with Gasteiger partial charge in [0.2, 0.25) is 0 Å². The van der Waals surface area contributed by atoms with Gasteiger partial charge in [-0.15, -0.1) is 0 Å². The molecule has 3 heteroatoms. The lowest BCUT2D eigenvalue weighted by Crippen LogP contribution is -2.15. The van der Waals surface area contributed by atoms with Crippen LogP contribution >= 0.6 is 0 Å². The van der Waals surface area contributed by atoms with Gasteiger partial charge in [0, 0.05) is 55.0 Å². The summed E-state index contributed by atoms with van der Waals surface area (Å²) in [5.41, 5.74) is 20.3. The molecule has 0 saturated carbocycles. The molecule has 3 nitrogen and oxygen atoms in total. The molecule has 1 aliphatic carbocycles. The van der Waals surface area contributed by atoms with Crippen LogP contribution in [0, 0.1) is 0 Å². The zero-order chi connectivity index (χ0) is 46.5. The van der Waals surface area contributed by atoms with Crippen LogP contribution in [-0.4, -0.2) is 4.57 Å². The zero-order valence-corrected chi connectivity index (χ0v) is 38.9. The summed E-state index contributed by atoms with van der Waals surface area (Å²) in [6.45, 7) is 4.73. The fourth-order valence-electron chi connectivity index (χ4n) is 11.7. The third-order valence-electron chi connectivity index (χ3n) is 15.0. The molecule has 70 heavy (non-hydrogen) atoms. The van der Waals surface area contributed by atoms with Crippen molar-refractivity contribution in [1.29, 1.82) is 0 Å². The Morgan fingerprint density at radius 1 is 0.371 bits per heavy atom. The molecule has 2 aromatic heterocycles. The van der Waals surface area contributed by atoms with Crippen molar-refractivity contribution in [3.05, 3.63) is 254 Å². The van der Waals surface area contributed by atoms with Crippen molar-refractivity contribution >= 4 is 71.6 Å². The summed E-state index contributed by atoms with van der Waals surface area (Å²) in [6, 6.07) is 88.8. The molecule has 0 fully saturated rings. The van der Waals surface area contributed by atoms with Crippen molar-refractivity contribution < 1.29 is 4.42 Å². The first-order valence-corrected chi connectivity index (χ1v) is 24.2. The normalized spacial score (nSPS) is 12.8. The molecule has 330 valence electrons. The molecular formula is C67H46N2O. The van der Waals surface area contributed by atoms with Gasteiger partial charge in [-0.1, -0.05) is 196 Å². The van der Waals surface area contributed by atoms with E-state index in [0.29, 0.717) is 0 Å². The largest absolute Gasteiger partial charge is 0.455 e. The van der Waals surface area contributed by atoms with Crippen LogP contribution in [0.2, 0.25) is 0 Å². The van der Waals surface area contributed by atoms with Gasteiger partial charge in [0.15, 0.2) is 0 Å². The van der Waals surface area contributed by atoms with Gasteiger partial charge in [0.1, 0.15) is 11.2 Å². The molecule has 1 aliphatic rings. The van der Waals surface area contributed by atoms with Gasteiger partial charge in [-0.25, -0.2) is 0 Å². The Morgan fingerprint density at radius 2 is 0.943 bits per heavy atom. The standard InChI is InChI=1S/C67H46N2O/c1-67(2)59-31-11-5-25-51(59)52-38-37-45(40-60(52)67)49-24-6-12-32-61(49)69(62-33-13-7-26-53(62)50-30-18-20-43-19-3-4-23-48(43)50)47-41-57(66-58(42-47)56-29-10-16-36-65(56)70-66)44-21-17-22-46(39-44)68-63-34-14-8-27-54(63)55-28-9-15-35-64(55)68/h3-42H,1-2H3. The number of hydrogen-bond donors (Lipinski definition) is 0. The molecule has 0 bridgehead atoms. The highest BCUT2D eigenvalue weighted by molar-refractivity contribution is 6.13. The monoisotopic (exact) mass is 894 g/mol. The minimum absolute atomic E-state index is 0.145. The van der Waals surface area contributed by atoms with Gasteiger partial charge < -0.3 is 13.9 Å². The van der Waals surface area contributed by atoms with Crippen molar-refractivity contribution in [2.24, 2.45) is 0 Å². The average molecular weight is 895 g/mol. The van der Waals surface area contributed by atoms with Crippen LogP contribution in [0.15, 0.2) is 247 Å². The summed E-state index contributed by atoms with van der Waals surface area (Å²) < 4.78 is 9.35. The maximum atomic E-state index is 6.95. The van der Waals surface area contributed by atoms with E-state index in [1.165, 1.54) is 66.0 Å². The molecule has 0 saturated heterocycles. The Kier molecular flexibility index (Phi) is 8.93. The van der Waals surface area contributed by atoms with E-state index in [1.54, 1.807) is 0 Å². The number of aromatic nitrogens is 1. The molecule has 0 N–H and O–H groups in total. The number of benzene rings is 11. The summed E-state index contributed by atoms with van der Waals surface area (Å²) in [7, 11) is 0. The Hall–Kier alpha value is -8.92. The van der Waals surface area contributed by atoms with E-state index >= 15 is 0 Å². The van der Waals surface area contributed by atoms with Crippen molar-refractivity contribution in [1.82, 2.24) is 4.57 Å². The Morgan fingerprint density at radius 3 is 1.74 bits per heavy atom. The maximum absolute atomic E-state index is 6.95. The topological polar surface area (TPSA) is 21.3 Å². The molecule has 14 rings (SSSR count). The van der Waals surface area contributed by atoms with E-state index in [2.05, 4.69) is 266 Å². The first-order valence-electron chi connectivity index (χ1n) is 24.2. The minimum atomic E-state index is -0.145. The highest BCUT2D eigenvalue weighted by atomic mass is 16.3. The number of hydrogen-bond acceptors (Lipinski definition) is 2. The number of para-hydroxylation sites is 5. The summed E-state index contributed by atoms with van der Waals surface area (Å²) in [5, 5.41) is 7.04. The number of anilines is 3. The van der Waals surface area contributed by atoms with E-state index in [4.69, 9.17) is 4.42 Å². The van der Waals surface area contributed by atoms with Crippen LogP contribution in [0.3, 0.4) is 0 Å². The second kappa shape index (κ2) is 15.6. The molecule has 0 aliphatic heterocycles. The fourth-order valence-corrected chi connectivity index (χ4v) is 11.7. The highest BCUT2D eigenvalue weighted by Crippen LogP contribution is 2.52. The highest BCUT2D eigenvalue weighted by Gasteiger charge is 2.35. The summed E-state index contributed by atoms with van der Waals surface area (Å²) in [5.74, 6) is 0. The van der Waals surface area contributed by atoms with Gasteiger partial charge in [0.25, 0.3) is 0 Å². The SMILES string of the molecule is CC1(C)c2ccccc2-c2ccc(-c3ccccc3N(c3cc(-c4cccc(-n5c6ccccc6c6ccccc65)c4)c4oc5ccccc5c4c3)c3ccccc3-c3cccc4ccccc34)cc21. The summed E-state index contributed by atoms with van der Waals surface area (Å²) >= 11 is 0. The Labute approximate surface area is 406 Å². The first-order chi connectivity index (χ1) is 34.5. The van der Waals surface area contributed by atoms with Gasteiger partial charge in [-0.3, -0.25) is 0 Å². The van der Waals surface area contributed by atoms with Crippen LogP contribution in [0.25, 0.3) is 105 Å². The molecule has 11 aromatic carbocycles. The van der Waals surface area contributed by atoms with Crippen molar-refractivity contribution in [2.45, 2.75) is 19.3 Å². The molecular weight excluding hydrogens is 849 g/mol. The van der Waals surface area contributed by atoms with Gasteiger partial charge in [0.05, 0.1) is 22.4 Å². The molecule has 0 atom stereocenters. The predicted octanol–water partition coefficient (Wildman–Crippen LogP) is 18.6. The van der Waals surface area contributed by atoms with Crippen molar-refractivity contribution in [2.75, 3.05) is 4.90 Å². The third kappa shape index (κ3) is 6.08. The molecule has 0 radical (unpaired) electrons. The van der Waals surface area contributed by atoms with Gasteiger partial charge in [-0.05, 0) is 110 Å². The predicted molar refractivity (Wildman–Crippen MR) is 294 cm³/mol. The zero-order valence-electron chi connectivity index (χ0n) is 38.9. The van der Waals surface area contributed by atoms with Crippen molar-refractivity contribution in [3.63, 3.8) is 0 Å². The molecule has 0 unspecified atom stereocenters. The Balaban J connectivity index is 1.04. The van der Waals surface area contributed by atoms with Crippen LogP contribution in [0.1, 0.15) is 25.0 Å². The molecule has 13 aromatic rings. The van der Waals surface area contributed by atoms with Gasteiger partial charge >= 0.3 is 0 Å². The number of fused-ring (bicyclic) bond motifs is 10. The lowest BCUT2D eigenvalue weighted by molar-refractivity contribution is 0.660. The average Bonchev–Trinajstić information content (AvgIpc) is 4.04. The van der Waals surface area contributed by atoms with E-state index in [1.807, 2.05) is 0 Å². The van der Waals surface area contributed by atoms with Crippen LogP contribution in [0.4, 0.5) is 17.1 Å². The van der Waals surface area contributed by atoms with Crippen LogP contribution in [0.5, 0.6) is 0 Å². The number of rotatable bonds is 7. The fraction of sp³-hybridized carbons (Fsp3) is 0.0448. The second-order valence-corrected chi connectivity index (χ2v) is 19.2. The lowest BCUT2D eigenvalue weighted by atomic mass is 9.81. The van der Waals surface area contributed by atoms with E-state index in [9.17, 15) is 0 Å².